The molecule has 1 aliphatic carbocycles. The van der Waals surface area contributed by atoms with Crippen LogP contribution in [-0.2, 0) is 24.5 Å². The van der Waals surface area contributed by atoms with Gasteiger partial charge in [0.25, 0.3) is 0 Å². The Morgan fingerprint density at radius 1 is 1.16 bits per heavy atom. The highest BCUT2D eigenvalue weighted by Crippen LogP contribution is 2.64. The van der Waals surface area contributed by atoms with E-state index >= 15 is 4.39 Å². The number of nitrogens with two attached hydrogens (primary N) is 1. The van der Waals surface area contributed by atoms with Crippen LogP contribution in [0.25, 0.3) is 0 Å². The molecule has 0 bridgehead atoms. The molecule has 3 fully saturated rings. The van der Waals surface area contributed by atoms with Gasteiger partial charge in [-0.05, 0) is 80.4 Å². The molecule has 2 amide bonds. The van der Waals surface area contributed by atoms with Crippen LogP contribution in [0.1, 0.15) is 88.7 Å². The van der Waals surface area contributed by atoms with E-state index in [1.54, 1.807) is 24.4 Å². The second-order valence-corrected chi connectivity index (χ2v) is 14.6. The van der Waals surface area contributed by atoms with Crippen molar-refractivity contribution in [2.75, 3.05) is 11.9 Å². The van der Waals surface area contributed by atoms with E-state index in [-0.39, 0.29) is 45.2 Å². The first-order chi connectivity index (χ1) is 20.9. The number of Topliss-reactive ketones (excluding diaryl/α,β-unsaturated/α-hetero) is 1. The van der Waals surface area contributed by atoms with Crippen LogP contribution in [0.3, 0.4) is 0 Å². The zero-order valence-corrected chi connectivity index (χ0v) is 26.6. The molecular weight excluding hydrogens is 606 g/mol. The maximum absolute atomic E-state index is 16.1. The Kier molecular flexibility index (Phi) is 8.31. The van der Waals surface area contributed by atoms with Crippen molar-refractivity contribution in [2.24, 2.45) is 17.1 Å². The molecule has 3 aliphatic heterocycles. The fourth-order valence-electron chi connectivity index (χ4n) is 8.33. The molecule has 2 aromatic rings. The summed E-state index contributed by atoms with van der Waals surface area (Å²) in [6, 6.07) is 5.58. The molecule has 1 saturated carbocycles. The summed E-state index contributed by atoms with van der Waals surface area (Å²) in [6.45, 7) is 4.85. The van der Waals surface area contributed by atoms with E-state index < -0.39 is 40.7 Å². The van der Waals surface area contributed by atoms with Crippen LogP contribution in [0.15, 0.2) is 30.5 Å². The Hall–Kier alpha value is -2.59. The monoisotopic (exact) mass is 644 g/mol. The van der Waals surface area contributed by atoms with Gasteiger partial charge in [-0.25, -0.2) is 9.37 Å². The number of fused-ring (bicyclic) bond motifs is 3. The third-order valence-corrected chi connectivity index (χ3v) is 11.2. The standard InChI is InChI=1S/C33H39Cl2FN4O4/c1-31(2)11-13-32(14-12-31)33(20-16-38-25(35)15-22(20)39-30(33)43)26(19-6-4-7-21(34)27(19)36)28(40-32)23(41)8-3-5-18-9-10-24(29(37)42)44-17-18/h4,6-7,15-16,18,24,26,28,40H,3,5,8-14,17H2,1-2H3,(H2,37,42)(H,39,43)/t18-,24+,26+,28+,33-/m1/s1. The van der Waals surface area contributed by atoms with Gasteiger partial charge in [-0.1, -0.05) is 49.2 Å². The minimum Gasteiger partial charge on any atom is -0.368 e. The highest BCUT2D eigenvalue weighted by molar-refractivity contribution is 6.31. The summed E-state index contributed by atoms with van der Waals surface area (Å²) in [5.41, 5.74) is 4.70. The third-order valence-electron chi connectivity index (χ3n) is 10.7. The Morgan fingerprint density at radius 2 is 1.91 bits per heavy atom. The van der Waals surface area contributed by atoms with Gasteiger partial charge in [0, 0.05) is 35.3 Å². The first-order valence-electron chi connectivity index (χ1n) is 15.5. The summed E-state index contributed by atoms with van der Waals surface area (Å²) in [4.78, 5) is 44.6. The number of amides is 2. The summed E-state index contributed by atoms with van der Waals surface area (Å²) >= 11 is 12.6. The molecule has 11 heteroatoms. The number of nitrogens with zero attached hydrogens (tertiary/aromatic N) is 1. The van der Waals surface area contributed by atoms with Crippen molar-refractivity contribution in [3.8, 4) is 0 Å². The lowest BCUT2D eigenvalue weighted by Gasteiger charge is -2.50. The number of carbonyl (C=O) groups excluding carboxylic acids is 3. The largest absolute Gasteiger partial charge is 0.368 e. The average Bonchev–Trinajstić information content (AvgIpc) is 3.44. The lowest BCUT2D eigenvalue weighted by atomic mass is 9.53. The number of carbonyl (C=O) groups is 3. The van der Waals surface area contributed by atoms with Crippen molar-refractivity contribution in [1.29, 1.82) is 0 Å². The van der Waals surface area contributed by atoms with E-state index in [0.29, 0.717) is 43.5 Å². The lowest BCUT2D eigenvalue weighted by Crippen LogP contribution is -2.61. The lowest BCUT2D eigenvalue weighted by molar-refractivity contribution is -0.134. The van der Waals surface area contributed by atoms with Crippen LogP contribution in [-0.4, -0.2) is 46.9 Å². The first-order valence-corrected chi connectivity index (χ1v) is 16.3. The molecule has 0 radical (unpaired) electrons. The summed E-state index contributed by atoms with van der Waals surface area (Å²) < 4.78 is 21.7. The topological polar surface area (TPSA) is 123 Å². The predicted molar refractivity (Wildman–Crippen MR) is 166 cm³/mol. The average molecular weight is 646 g/mol. The van der Waals surface area contributed by atoms with Gasteiger partial charge < -0.3 is 15.8 Å². The van der Waals surface area contributed by atoms with Gasteiger partial charge in [0.2, 0.25) is 11.8 Å². The van der Waals surface area contributed by atoms with Crippen LogP contribution >= 0.6 is 23.2 Å². The zero-order chi connectivity index (χ0) is 31.4. The van der Waals surface area contributed by atoms with E-state index in [0.717, 1.165) is 25.7 Å². The van der Waals surface area contributed by atoms with Gasteiger partial charge >= 0.3 is 0 Å². The maximum Gasteiger partial charge on any atom is 0.246 e. The highest BCUT2D eigenvalue weighted by Gasteiger charge is 2.72. The predicted octanol–water partition coefficient (Wildman–Crippen LogP) is 5.83. The molecule has 4 heterocycles. The number of hydrogen-bond acceptors (Lipinski definition) is 6. The number of ketones is 1. The van der Waals surface area contributed by atoms with E-state index in [1.807, 2.05) is 0 Å². The SMILES string of the molecule is CC1(C)CCC2(CC1)N[C@@H](C(=O)CCC[C@@H]1CC[C@@H](C(N)=O)OC1)[C@H](c1cccc(Cl)c1F)[C@]21C(=O)Nc2cc(Cl)ncc21. The molecule has 6 rings (SSSR count). The number of hydrogen-bond donors (Lipinski definition) is 3. The van der Waals surface area contributed by atoms with Crippen molar-refractivity contribution in [1.82, 2.24) is 10.3 Å². The Bertz CT molecular complexity index is 1480. The molecule has 1 aromatic heterocycles. The van der Waals surface area contributed by atoms with Gasteiger partial charge in [-0.3, -0.25) is 19.7 Å². The smallest absolute Gasteiger partial charge is 0.246 e. The van der Waals surface area contributed by atoms with Gasteiger partial charge in [0.1, 0.15) is 28.3 Å². The van der Waals surface area contributed by atoms with Crippen molar-refractivity contribution in [2.45, 2.75) is 101 Å². The molecule has 5 atom stereocenters. The number of anilines is 1. The molecule has 0 unspecified atom stereocenters. The summed E-state index contributed by atoms with van der Waals surface area (Å²) in [5.74, 6) is -2.09. The number of pyridine rings is 1. The number of nitrogens with one attached hydrogen (secondary N) is 2. The number of benzene rings is 1. The van der Waals surface area contributed by atoms with Gasteiger partial charge in [-0.15, -0.1) is 0 Å². The molecule has 4 aliphatic rings. The number of ether oxygens (including phenoxy) is 1. The van der Waals surface area contributed by atoms with Crippen LogP contribution < -0.4 is 16.4 Å². The van der Waals surface area contributed by atoms with E-state index in [4.69, 9.17) is 33.7 Å². The summed E-state index contributed by atoms with van der Waals surface area (Å²) in [5, 5.41) is 6.92. The summed E-state index contributed by atoms with van der Waals surface area (Å²) in [6.07, 6.45) is 6.92. The minimum absolute atomic E-state index is 0.0543. The van der Waals surface area contributed by atoms with Gasteiger partial charge in [0.15, 0.2) is 0 Å². The second kappa shape index (κ2) is 11.6. The Morgan fingerprint density at radius 3 is 2.59 bits per heavy atom. The molecule has 8 nitrogen and oxygen atoms in total. The molecule has 236 valence electrons. The van der Waals surface area contributed by atoms with Crippen LogP contribution in [0.2, 0.25) is 10.2 Å². The van der Waals surface area contributed by atoms with Crippen molar-refractivity contribution in [3.05, 3.63) is 57.6 Å². The third kappa shape index (κ3) is 5.13. The fourth-order valence-corrected chi connectivity index (χ4v) is 8.67. The quantitative estimate of drug-likeness (QED) is 0.326. The zero-order valence-electron chi connectivity index (χ0n) is 25.1. The molecule has 44 heavy (non-hydrogen) atoms. The molecular formula is C33H39Cl2FN4O4. The normalized spacial score (nSPS) is 30.3. The molecule has 4 N–H and O–H groups in total. The number of rotatable bonds is 7. The molecule has 2 saturated heterocycles. The number of halogens is 3. The van der Waals surface area contributed by atoms with Crippen LogP contribution in [0, 0.1) is 17.2 Å². The van der Waals surface area contributed by atoms with Crippen molar-refractivity contribution < 1.29 is 23.5 Å². The number of aromatic nitrogens is 1. The fraction of sp³-hybridized carbons (Fsp3) is 0.576. The van der Waals surface area contributed by atoms with Crippen molar-refractivity contribution in [3.63, 3.8) is 0 Å². The van der Waals surface area contributed by atoms with E-state index in [1.165, 1.54) is 6.07 Å². The van der Waals surface area contributed by atoms with Crippen LogP contribution in [0.4, 0.5) is 10.1 Å². The Labute approximate surface area is 267 Å². The Balaban J connectivity index is 1.39. The molecule has 2 spiro atoms. The highest BCUT2D eigenvalue weighted by atomic mass is 35.5. The van der Waals surface area contributed by atoms with Gasteiger partial charge in [-0.2, -0.15) is 0 Å². The van der Waals surface area contributed by atoms with E-state index in [9.17, 15) is 14.4 Å². The summed E-state index contributed by atoms with van der Waals surface area (Å²) in [7, 11) is 0. The molecule has 1 aromatic carbocycles. The van der Waals surface area contributed by atoms with Crippen LogP contribution in [0.5, 0.6) is 0 Å². The second-order valence-electron chi connectivity index (χ2n) is 13.8. The minimum atomic E-state index is -1.32. The van der Waals surface area contributed by atoms with Gasteiger partial charge in [0.05, 0.1) is 17.7 Å². The van der Waals surface area contributed by atoms with E-state index in [2.05, 4.69) is 29.5 Å². The van der Waals surface area contributed by atoms with Crippen molar-refractivity contribution >= 4 is 46.5 Å². The number of primary amides is 1. The maximum atomic E-state index is 16.1. The first kappa shape index (κ1) is 31.4.